The van der Waals surface area contributed by atoms with Crippen LogP contribution in [-0.2, 0) is 4.79 Å². The molecule has 1 heterocycles. The lowest BCUT2D eigenvalue weighted by molar-refractivity contribution is -0.117. The van der Waals surface area contributed by atoms with E-state index in [2.05, 4.69) is 5.32 Å². The van der Waals surface area contributed by atoms with Crippen molar-refractivity contribution in [1.29, 1.82) is 0 Å². The molecule has 3 rings (SSSR count). The van der Waals surface area contributed by atoms with Crippen LogP contribution in [0, 0.1) is 0 Å². The molecule has 0 aliphatic carbocycles. The molecule has 0 fully saturated rings. The number of amides is 1. The van der Waals surface area contributed by atoms with Crippen LogP contribution in [0.3, 0.4) is 0 Å². The molecule has 1 aliphatic heterocycles. The first-order valence-corrected chi connectivity index (χ1v) is 6.60. The summed E-state index contributed by atoms with van der Waals surface area (Å²) < 4.78 is 5.51. The molecule has 1 unspecified atom stereocenters. The second kappa shape index (κ2) is 5.06. The molecule has 0 bridgehead atoms. The van der Waals surface area contributed by atoms with Crippen LogP contribution >= 0.6 is 11.6 Å². The van der Waals surface area contributed by atoms with E-state index in [1.54, 1.807) is 18.2 Å². The predicted molar refractivity (Wildman–Crippen MR) is 79.2 cm³/mol. The zero-order valence-corrected chi connectivity index (χ0v) is 11.4. The second-order valence-corrected chi connectivity index (χ2v) is 5.03. The highest BCUT2D eigenvalue weighted by molar-refractivity contribution is 6.33. The molecule has 2 aromatic rings. The average Bonchev–Trinajstić information content (AvgIpc) is 2.87. The molecule has 20 heavy (non-hydrogen) atoms. The van der Waals surface area contributed by atoms with Gasteiger partial charge in [-0.1, -0.05) is 29.8 Å². The smallest absolute Gasteiger partial charge is 0.235 e. The number of nitrogen functional groups attached to an aromatic ring is 1. The largest absolute Gasteiger partial charge is 0.492 e. The highest BCUT2D eigenvalue weighted by Crippen LogP contribution is 2.34. The summed E-state index contributed by atoms with van der Waals surface area (Å²) in [4.78, 5) is 12.3. The Morgan fingerprint density at radius 3 is 2.90 bits per heavy atom. The van der Waals surface area contributed by atoms with Crippen molar-refractivity contribution in [3.05, 3.63) is 53.1 Å². The Hall–Kier alpha value is -2.20. The van der Waals surface area contributed by atoms with Gasteiger partial charge in [-0.25, -0.2) is 0 Å². The number of benzene rings is 2. The highest BCUT2D eigenvalue weighted by Gasteiger charge is 2.30. The number of hydrogen-bond acceptors (Lipinski definition) is 3. The Morgan fingerprint density at radius 2 is 2.10 bits per heavy atom. The minimum absolute atomic E-state index is 0.114. The van der Waals surface area contributed by atoms with E-state index in [1.807, 2.05) is 24.3 Å². The molecule has 5 heteroatoms. The molecular weight excluding hydrogens is 276 g/mol. The molecule has 1 amide bonds. The molecule has 3 N–H and O–H groups in total. The Bertz CT molecular complexity index is 673. The monoisotopic (exact) mass is 288 g/mol. The number of carbonyl (C=O) groups excluding carboxylic acids is 1. The quantitative estimate of drug-likeness (QED) is 0.835. The summed E-state index contributed by atoms with van der Waals surface area (Å²) in [5.41, 5.74) is 7.69. The predicted octanol–water partition coefficient (Wildman–Crippen LogP) is 3.04. The lowest BCUT2D eigenvalue weighted by Crippen LogP contribution is -2.22. The maximum absolute atomic E-state index is 12.3. The lowest BCUT2D eigenvalue weighted by atomic mass is 10.0. The average molecular weight is 289 g/mol. The van der Waals surface area contributed by atoms with Crippen LogP contribution in [0.2, 0.25) is 5.02 Å². The van der Waals surface area contributed by atoms with Gasteiger partial charge in [-0.3, -0.25) is 4.79 Å². The van der Waals surface area contributed by atoms with E-state index in [0.717, 1.165) is 11.3 Å². The van der Waals surface area contributed by atoms with Crippen molar-refractivity contribution in [3.8, 4) is 5.75 Å². The molecule has 0 spiro atoms. The Labute approximate surface area is 121 Å². The fourth-order valence-corrected chi connectivity index (χ4v) is 2.35. The second-order valence-electron chi connectivity index (χ2n) is 4.63. The molecule has 102 valence electrons. The van der Waals surface area contributed by atoms with Gasteiger partial charge in [0.2, 0.25) is 5.91 Å². The van der Waals surface area contributed by atoms with Gasteiger partial charge < -0.3 is 15.8 Å². The maximum Gasteiger partial charge on any atom is 0.235 e. The van der Waals surface area contributed by atoms with Crippen molar-refractivity contribution in [2.45, 2.75) is 5.92 Å². The molecule has 1 atom stereocenters. The molecule has 0 aromatic heterocycles. The van der Waals surface area contributed by atoms with Gasteiger partial charge >= 0.3 is 0 Å². The number of rotatable bonds is 2. The number of halogens is 1. The Morgan fingerprint density at radius 1 is 1.30 bits per heavy atom. The van der Waals surface area contributed by atoms with E-state index in [1.165, 1.54) is 0 Å². The van der Waals surface area contributed by atoms with Crippen molar-refractivity contribution in [1.82, 2.24) is 0 Å². The van der Waals surface area contributed by atoms with Crippen molar-refractivity contribution in [2.24, 2.45) is 0 Å². The number of anilines is 2. The number of hydrogen-bond donors (Lipinski definition) is 2. The molecule has 1 aliphatic rings. The standard InChI is InChI=1S/C15H13ClN2O2/c16-12-6-5-9(7-13(12)17)18-15(19)11-8-20-14-4-2-1-3-10(11)14/h1-7,11H,8,17H2,(H,18,19). The van der Waals surface area contributed by atoms with Gasteiger partial charge in [0.1, 0.15) is 18.3 Å². The third-order valence-electron chi connectivity index (χ3n) is 3.28. The van der Waals surface area contributed by atoms with E-state index in [-0.39, 0.29) is 11.8 Å². The van der Waals surface area contributed by atoms with Gasteiger partial charge in [-0.15, -0.1) is 0 Å². The van der Waals surface area contributed by atoms with Gasteiger partial charge in [0.25, 0.3) is 0 Å². The third-order valence-corrected chi connectivity index (χ3v) is 3.62. The van der Waals surface area contributed by atoms with Gasteiger partial charge in [0, 0.05) is 11.3 Å². The van der Waals surface area contributed by atoms with E-state index in [9.17, 15) is 4.79 Å². The zero-order chi connectivity index (χ0) is 14.1. The molecule has 0 saturated heterocycles. The SMILES string of the molecule is Nc1cc(NC(=O)C2COc3ccccc32)ccc1Cl. The first-order chi connectivity index (χ1) is 9.65. The summed E-state index contributed by atoms with van der Waals surface area (Å²) in [6, 6.07) is 12.6. The number of para-hydroxylation sites is 1. The summed E-state index contributed by atoms with van der Waals surface area (Å²) in [5, 5.41) is 3.31. The lowest BCUT2D eigenvalue weighted by Gasteiger charge is -2.11. The number of nitrogens with one attached hydrogen (secondary N) is 1. The van der Waals surface area contributed by atoms with Crippen molar-refractivity contribution < 1.29 is 9.53 Å². The summed E-state index contributed by atoms with van der Waals surface area (Å²) in [6.45, 7) is 0.355. The fourth-order valence-electron chi connectivity index (χ4n) is 2.23. The van der Waals surface area contributed by atoms with Gasteiger partial charge in [0.15, 0.2) is 0 Å². The molecule has 4 nitrogen and oxygen atoms in total. The third kappa shape index (κ3) is 2.30. The number of nitrogens with two attached hydrogens (primary N) is 1. The van der Waals surface area contributed by atoms with Gasteiger partial charge in [-0.2, -0.15) is 0 Å². The summed E-state index contributed by atoms with van der Waals surface area (Å²) in [7, 11) is 0. The van der Waals surface area contributed by atoms with E-state index < -0.39 is 0 Å². The number of carbonyl (C=O) groups is 1. The molecule has 0 radical (unpaired) electrons. The molecular formula is C15H13ClN2O2. The minimum Gasteiger partial charge on any atom is -0.492 e. The van der Waals surface area contributed by atoms with Crippen LogP contribution in [0.5, 0.6) is 5.75 Å². The molecule has 2 aromatic carbocycles. The van der Waals surface area contributed by atoms with E-state index >= 15 is 0 Å². The van der Waals surface area contributed by atoms with Crippen molar-refractivity contribution in [2.75, 3.05) is 17.7 Å². The van der Waals surface area contributed by atoms with Gasteiger partial charge in [0.05, 0.1) is 10.7 Å². The number of fused-ring (bicyclic) bond motifs is 1. The fraction of sp³-hybridized carbons (Fsp3) is 0.133. The van der Waals surface area contributed by atoms with Crippen LogP contribution in [0.4, 0.5) is 11.4 Å². The van der Waals surface area contributed by atoms with Crippen molar-refractivity contribution >= 4 is 28.9 Å². The van der Waals surface area contributed by atoms with Gasteiger partial charge in [-0.05, 0) is 24.3 Å². The van der Waals surface area contributed by atoms with Crippen LogP contribution < -0.4 is 15.8 Å². The summed E-state index contributed by atoms with van der Waals surface area (Å²) in [5.74, 6) is 0.350. The first-order valence-electron chi connectivity index (χ1n) is 6.23. The topological polar surface area (TPSA) is 64.3 Å². The van der Waals surface area contributed by atoms with Crippen LogP contribution in [0.25, 0.3) is 0 Å². The number of ether oxygens (including phenoxy) is 1. The van der Waals surface area contributed by atoms with E-state index in [0.29, 0.717) is 23.0 Å². The Kier molecular flexibility index (Phi) is 3.24. The summed E-state index contributed by atoms with van der Waals surface area (Å²) in [6.07, 6.45) is 0. The van der Waals surface area contributed by atoms with Crippen LogP contribution in [-0.4, -0.2) is 12.5 Å². The van der Waals surface area contributed by atoms with Crippen LogP contribution in [0.15, 0.2) is 42.5 Å². The zero-order valence-electron chi connectivity index (χ0n) is 10.6. The van der Waals surface area contributed by atoms with Crippen molar-refractivity contribution in [3.63, 3.8) is 0 Å². The molecule has 0 saturated carbocycles. The van der Waals surface area contributed by atoms with E-state index in [4.69, 9.17) is 22.1 Å². The highest BCUT2D eigenvalue weighted by atomic mass is 35.5. The normalized spacial score (nSPS) is 16.4. The summed E-state index contributed by atoms with van der Waals surface area (Å²) >= 11 is 5.85. The van der Waals surface area contributed by atoms with Crippen LogP contribution in [0.1, 0.15) is 11.5 Å². The Balaban J connectivity index is 1.79. The first kappa shape index (κ1) is 12.8. The minimum atomic E-state index is -0.303. The maximum atomic E-state index is 12.3.